The molecule has 0 amide bonds. The molecule has 0 saturated carbocycles. The van der Waals surface area contributed by atoms with Crippen LogP contribution in [0.5, 0.6) is 5.75 Å². The van der Waals surface area contributed by atoms with Gasteiger partial charge in [-0.15, -0.1) is 0 Å². The standard InChI is InChI=1S/C17H23F2N5O/c1-2-20-17(21-9-5-11-24-12-6-10-23-24)22-13-14-7-3-4-8-15(14)25-16(18)19/h3-4,6-8,10,12,16H,2,5,9,11,13H2,1H3,(H2,20,21,22). The molecule has 136 valence electrons. The molecule has 2 aromatic rings. The normalized spacial score (nSPS) is 11.6. The molecular weight excluding hydrogens is 328 g/mol. The minimum absolute atomic E-state index is 0.149. The van der Waals surface area contributed by atoms with Gasteiger partial charge in [0.25, 0.3) is 0 Å². The largest absolute Gasteiger partial charge is 0.434 e. The fraction of sp³-hybridized carbons (Fsp3) is 0.412. The van der Waals surface area contributed by atoms with Gasteiger partial charge in [-0.3, -0.25) is 4.68 Å². The first-order valence-electron chi connectivity index (χ1n) is 8.21. The van der Waals surface area contributed by atoms with E-state index in [0.717, 1.165) is 19.5 Å². The van der Waals surface area contributed by atoms with E-state index in [1.54, 1.807) is 24.4 Å². The van der Waals surface area contributed by atoms with Crippen molar-refractivity contribution in [3.63, 3.8) is 0 Å². The SMILES string of the molecule is CCNC(=NCc1ccccc1OC(F)F)NCCCn1cccn1. The summed E-state index contributed by atoms with van der Waals surface area (Å²) in [5.41, 5.74) is 0.608. The lowest BCUT2D eigenvalue weighted by Crippen LogP contribution is -2.38. The summed E-state index contributed by atoms with van der Waals surface area (Å²) in [5, 5.41) is 10.5. The Morgan fingerprint density at radius 2 is 2.12 bits per heavy atom. The maximum Gasteiger partial charge on any atom is 0.387 e. The number of alkyl halides is 2. The molecule has 0 unspecified atom stereocenters. The van der Waals surface area contributed by atoms with E-state index in [1.165, 1.54) is 6.07 Å². The van der Waals surface area contributed by atoms with Gasteiger partial charge in [-0.05, 0) is 25.5 Å². The highest BCUT2D eigenvalue weighted by molar-refractivity contribution is 5.79. The van der Waals surface area contributed by atoms with E-state index < -0.39 is 6.61 Å². The predicted octanol–water partition coefficient (Wildman–Crippen LogP) is 2.63. The van der Waals surface area contributed by atoms with Crippen LogP contribution in [0.1, 0.15) is 18.9 Å². The lowest BCUT2D eigenvalue weighted by Gasteiger charge is -2.12. The molecule has 0 aliphatic rings. The van der Waals surface area contributed by atoms with E-state index in [9.17, 15) is 8.78 Å². The zero-order chi connectivity index (χ0) is 17.9. The second-order valence-corrected chi connectivity index (χ2v) is 5.23. The van der Waals surface area contributed by atoms with Gasteiger partial charge < -0.3 is 15.4 Å². The number of rotatable bonds is 9. The molecule has 0 fully saturated rings. The molecule has 0 radical (unpaired) electrons. The summed E-state index contributed by atoms with van der Waals surface area (Å²) in [6, 6.07) is 8.55. The lowest BCUT2D eigenvalue weighted by molar-refractivity contribution is -0.0504. The molecule has 0 atom stereocenters. The maximum absolute atomic E-state index is 12.5. The third-order valence-corrected chi connectivity index (χ3v) is 3.36. The van der Waals surface area contributed by atoms with Gasteiger partial charge >= 0.3 is 6.61 Å². The number of aryl methyl sites for hydroxylation is 1. The van der Waals surface area contributed by atoms with Gasteiger partial charge in [0.15, 0.2) is 5.96 Å². The van der Waals surface area contributed by atoms with Crippen LogP contribution >= 0.6 is 0 Å². The van der Waals surface area contributed by atoms with Crippen molar-refractivity contribution in [2.45, 2.75) is 33.0 Å². The highest BCUT2D eigenvalue weighted by Crippen LogP contribution is 2.20. The summed E-state index contributed by atoms with van der Waals surface area (Å²) in [7, 11) is 0. The summed E-state index contributed by atoms with van der Waals surface area (Å²) in [4.78, 5) is 4.43. The Balaban J connectivity index is 1.88. The van der Waals surface area contributed by atoms with E-state index in [-0.39, 0.29) is 12.3 Å². The van der Waals surface area contributed by atoms with Gasteiger partial charge in [-0.1, -0.05) is 18.2 Å². The zero-order valence-electron chi connectivity index (χ0n) is 14.2. The van der Waals surface area contributed by atoms with E-state index in [2.05, 4.69) is 25.5 Å². The quantitative estimate of drug-likeness (QED) is 0.414. The van der Waals surface area contributed by atoms with E-state index >= 15 is 0 Å². The number of halogens is 2. The molecule has 1 aromatic heterocycles. The Morgan fingerprint density at radius 3 is 2.84 bits per heavy atom. The Morgan fingerprint density at radius 1 is 1.28 bits per heavy atom. The van der Waals surface area contributed by atoms with Crippen LogP contribution in [0, 0.1) is 0 Å². The van der Waals surface area contributed by atoms with Gasteiger partial charge in [-0.2, -0.15) is 13.9 Å². The third-order valence-electron chi connectivity index (χ3n) is 3.36. The van der Waals surface area contributed by atoms with E-state index in [0.29, 0.717) is 18.1 Å². The van der Waals surface area contributed by atoms with Gasteiger partial charge in [0.05, 0.1) is 6.54 Å². The Kier molecular flexibility index (Phi) is 7.68. The summed E-state index contributed by atoms with van der Waals surface area (Å²) in [6.45, 7) is 1.61. The van der Waals surface area contributed by atoms with Gasteiger partial charge in [0.2, 0.25) is 0 Å². The van der Waals surface area contributed by atoms with Crippen LogP contribution < -0.4 is 15.4 Å². The van der Waals surface area contributed by atoms with E-state index in [4.69, 9.17) is 0 Å². The molecular formula is C17H23F2N5O. The first-order valence-corrected chi connectivity index (χ1v) is 8.21. The molecule has 0 aliphatic heterocycles. The first kappa shape index (κ1) is 18.7. The van der Waals surface area contributed by atoms with Crippen molar-refractivity contribution in [2.75, 3.05) is 13.1 Å². The van der Waals surface area contributed by atoms with Crippen LogP contribution in [0.25, 0.3) is 0 Å². The van der Waals surface area contributed by atoms with Gasteiger partial charge in [-0.25, -0.2) is 4.99 Å². The van der Waals surface area contributed by atoms with Crippen molar-refractivity contribution in [2.24, 2.45) is 4.99 Å². The molecule has 0 saturated heterocycles. The molecule has 2 rings (SSSR count). The summed E-state index contributed by atoms with van der Waals surface area (Å²) in [5.74, 6) is 0.783. The highest BCUT2D eigenvalue weighted by Gasteiger charge is 2.08. The van der Waals surface area contributed by atoms with Crippen molar-refractivity contribution in [1.82, 2.24) is 20.4 Å². The second-order valence-electron chi connectivity index (χ2n) is 5.23. The fourth-order valence-corrected chi connectivity index (χ4v) is 2.23. The molecule has 0 bridgehead atoms. The number of nitrogens with one attached hydrogen (secondary N) is 2. The molecule has 25 heavy (non-hydrogen) atoms. The number of nitrogens with zero attached hydrogens (tertiary/aromatic N) is 3. The number of guanidine groups is 1. The Hall–Kier alpha value is -2.64. The zero-order valence-corrected chi connectivity index (χ0v) is 14.2. The maximum atomic E-state index is 12.5. The second kappa shape index (κ2) is 10.3. The molecule has 0 aliphatic carbocycles. The topological polar surface area (TPSA) is 63.5 Å². The Bertz CT molecular complexity index is 646. The Labute approximate surface area is 145 Å². The number of aliphatic imine (C=N–C) groups is 1. The van der Waals surface area contributed by atoms with Crippen molar-refractivity contribution in [3.05, 3.63) is 48.3 Å². The highest BCUT2D eigenvalue weighted by atomic mass is 19.3. The van der Waals surface area contributed by atoms with E-state index in [1.807, 2.05) is 23.9 Å². The molecule has 8 heteroatoms. The predicted molar refractivity (Wildman–Crippen MR) is 92.7 cm³/mol. The number of ether oxygens (including phenoxy) is 1. The number of aromatic nitrogens is 2. The van der Waals surface area contributed by atoms with Crippen LogP contribution in [0.2, 0.25) is 0 Å². The van der Waals surface area contributed by atoms with Crippen molar-refractivity contribution in [3.8, 4) is 5.75 Å². The van der Waals surface area contributed by atoms with Crippen molar-refractivity contribution in [1.29, 1.82) is 0 Å². The number of hydrogen-bond acceptors (Lipinski definition) is 3. The summed E-state index contributed by atoms with van der Waals surface area (Å²) in [6.07, 6.45) is 4.55. The molecule has 1 aromatic carbocycles. The molecule has 0 spiro atoms. The average molecular weight is 351 g/mol. The number of benzene rings is 1. The average Bonchev–Trinajstić information content (AvgIpc) is 3.10. The van der Waals surface area contributed by atoms with Crippen LogP contribution in [-0.4, -0.2) is 35.4 Å². The molecule has 6 nitrogen and oxygen atoms in total. The van der Waals surface area contributed by atoms with Crippen LogP contribution in [-0.2, 0) is 13.1 Å². The number of hydrogen-bond donors (Lipinski definition) is 2. The minimum atomic E-state index is -2.85. The monoisotopic (exact) mass is 351 g/mol. The smallest absolute Gasteiger partial charge is 0.387 e. The minimum Gasteiger partial charge on any atom is -0.434 e. The number of para-hydroxylation sites is 1. The van der Waals surface area contributed by atoms with Crippen molar-refractivity contribution >= 4 is 5.96 Å². The van der Waals surface area contributed by atoms with Crippen LogP contribution in [0.3, 0.4) is 0 Å². The lowest BCUT2D eigenvalue weighted by atomic mass is 10.2. The van der Waals surface area contributed by atoms with Gasteiger partial charge in [0.1, 0.15) is 5.75 Å². The van der Waals surface area contributed by atoms with Crippen molar-refractivity contribution < 1.29 is 13.5 Å². The molecule has 1 heterocycles. The van der Waals surface area contributed by atoms with Crippen LogP contribution in [0.4, 0.5) is 8.78 Å². The molecule has 2 N–H and O–H groups in total. The first-order chi connectivity index (χ1) is 12.2. The third kappa shape index (κ3) is 6.78. The summed E-state index contributed by atoms with van der Waals surface area (Å²) >= 11 is 0. The van der Waals surface area contributed by atoms with Crippen LogP contribution in [0.15, 0.2) is 47.7 Å². The summed E-state index contributed by atoms with van der Waals surface area (Å²) < 4.78 is 31.3. The van der Waals surface area contributed by atoms with Gasteiger partial charge in [0, 0.05) is 37.6 Å². The fourth-order valence-electron chi connectivity index (χ4n) is 2.23.